The van der Waals surface area contributed by atoms with E-state index in [0.29, 0.717) is 30.3 Å². The van der Waals surface area contributed by atoms with Crippen molar-refractivity contribution in [1.29, 1.82) is 0 Å². The molecule has 0 saturated carbocycles. The van der Waals surface area contributed by atoms with Gasteiger partial charge in [0.2, 0.25) is 0 Å². The lowest BCUT2D eigenvalue weighted by Crippen LogP contribution is -2.31. The zero-order chi connectivity index (χ0) is 18.7. The number of hydrogen-bond donors (Lipinski definition) is 0. The van der Waals surface area contributed by atoms with Gasteiger partial charge < -0.3 is 14.4 Å². The highest BCUT2D eigenvalue weighted by Gasteiger charge is 2.32. The first-order chi connectivity index (χ1) is 12.3. The smallest absolute Gasteiger partial charge is 0.487 e. The molecule has 1 aromatic carbocycles. The molecule has 3 rings (SSSR count). The lowest BCUT2D eigenvalue weighted by Gasteiger charge is -2.18. The van der Waals surface area contributed by atoms with Crippen LogP contribution in [0, 0.1) is 0 Å². The van der Waals surface area contributed by atoms with Crippen LogP contribution in [0.25, 0.3) is 0 Å². The van der Waals surface area contributed by atoms with Gasteiger partial charge in [0.1, 0.15) is 22.6 Å². The van der Waals surface area contributed by atoms with Crippen molar-refractivity contribution < 1.29 is 27.4 Å². The van der Waals surface area contributed by atoms with E-state index in [2.05, 4.69) is 9.72 Å². The second kappa shape index (κ2) is 7.41. The molecule has 2 heterocycles. The molecule has 26 heavy (non-hydrogen) atoms. The van der Waals surface area contributed by atoms with Crippen LogP contribution in [0.2, 0.25) is 5.02 Å². The summed E-state index contributed by atoms with van der Waals surface area (Å²) in [6.45, 7) is 0.735. The highest BCUT2D eigenvalue weighted by molar-refractivity contribution is 6.31. The number of rotatable bonds is 4. The summed E-state index contributed by atoms with van der Waals surface area (Å²) in [6, 6.07) is 6.63. The van der Waals surface area contributed by atoms with Gasteiger partial charge in [-0.05, 0) is 18.2 Å². The van der Waals surface area contributed by atoms with Crippen molar-refractivity contribution >= 4 is 17.5 Å². The monoisotopic (exact) mass is 386 g/mol. The molecule has 0 N–H and O–H groups in total. The predicted molar refractivity (Wildman–Crippen MR) is 87.3 cm³/mol. The Kier molecular flexibility index (Phi) is 5.22. The summed E-state index contributed by atoms with van der Waals surface area (Å²) in [5.41, 5.74) is 0.120. The standard InChI is InChI=1S/C17H14ClF3N2O3/c18-14-9-22-6-4-15(14)25-13-5-7-23(10-13)16(24)11-2-1-3-12(8-11)26-17(19,20)21/h1-4,6,8-9,13H,5,7,10H2/t13-/m1/s1. The van der Waals surface area contributed by atoms with Gasteiger partial charge >= 0.3 is 6.36 Å². The van der Waals surface area contributed by atoms with Crippen LogP contribution in [0.15, 0.2) is 42.7 Å². The SMILES string of the molecule is O=C(c1cccc(OC(F)(F)F)c1)N1CC[C@@H](Oc2ccncc2Cl)C1. The Morgan fingerprint density at radius 3 is 2.85 bits per heavy atom. The lowest BCUT2D eigenvalue weighted by atomic mass is 10.2. The van der Waals surface area contributed by atoms with E-state index < -0.39 is 12.1 Å². The molecule has 0 unspecified atom stereocenters. The van der Waals surface area contributed by atoms with Crippen molar-refractivity contribution in [3.8, 4) is 11.5 Å². The number of hydrogen-bond acceptors (Lipinski definition) is 4. The number of carbonyl (C=O) groups is 1. The fourth-order valence-corrected chi connectivity index (χ4v) is 2.82. The third-order valence-electron chi connectivity index (χ3n) is 3.78. The largest absolute Gasteiger partial charge is 0.573 e. The van der Waals surface area contributed by atoms with Crippen molar-refractivity contribution in [2.45, 2.75) is 18.9 Å². The van der Waals surface area contributed by atoms with Gasteiger partial charge in [-0.3, -0.25) is 9.78 Å². The fourth-order valence-electron chi connectivity index (χ4n) is 2.66. The van der Waals surface area contributed by atoms with Gasteiger partial charge in [0, 0.05) is 37.0 Å². The summed E-state index contributed by atoms with van der Waals surface area (Å²) < 4.78 is 46.6. The van der Waals surface area contributed by atoms with Gasteiger partial charge in [-0.2, -0.15) is 0 Å². The topological polar surface area (TPSA) is 51.7 Å². The lowest BCUT2D eigenvalue weighted by molar-refractivity contribution is -0.274. The van der Waals surface area contributed by atoms with Crippen molar-refractivity contribution in [1.82, 2.24) is 9.88 Å². The molecule has 5 nitrogen and oxygen atoms in total. The number of ether oxygens (including phenoxy) is 2. The Bertz CT molecular complexity index is 801. The van der Waals surface area contributed by atoms with Gasteiger partial charge in [-0.15, -0.1) is 13.2 Å². The first kappa shape index (κ1) is 18.3. The summed E-state index contributed by atoms with van der Waals surface area (Å²) in [5.74, 6) is -0.343. The Morgan fingerprint density at radius 2 is 2.12 bits per heavy atom. The van der Waals surface area contributed by atoms with Crippen molar-refractivity contribution in [2.75, 3.05) is 13.1 Å². The van der Waals surface area contributed by atoms with Gasteiger partial charge in [-0.25, -0.2) is 0 Å². The van der Waals surface area contributed by atoms with Crippen LogP contribution in [0.3, 0.4) is 0 Å². The molecule has 1 amide bonds. The molecule has 1 fully saturated rings. The van der Waals surface area contributed by atoms with E-state index >= 15 is 0 Å². The Labute approximate surface area is 152 Å². The molecule has 138 valence electrons. The summed E-state index contributed by atoms with van der Waals surface area (Å²) in [6.07, 6.45) is -1.47. The highest BCUT2D eigenvalue weighted by atomic mass is 35.5. The van der Waals surface area contributed by atoms with E-state index in [1.165, 1.54) is 23.2 Å². The number of halogens is 4. The molecule has 1 aliphatic heterocycles. The van der Waals surface area contributed by atoms with E-state index in [1.807, 2.05) is 0 Å². The number of benzene rings is 1. The number of likely N-dealkylation sites (tertiary alicyclic amines) is 1. The van der Waals surface area contributed by atoms with E-state index in [-0.39, 0.29) is 17.6 Å². The van der Waals surface area contributed by atoms with Crippen LogP contribution in [-0.4, -0.2) is 41.3 Å². The molecule has 1 aromatic heterocycles. The molecule has 9 heteroatoms. The molecule has 0 spiro atoms. The molecule has 1 aliphatic rings. The van der Waals surface area contributed by atoms with Crippen molar-refractivity contribution in [3.63, 3.8) is 0 Å². The van der Waals surface area contributed by atoms with Gasteiger partial charge in [0.05, 0.1) is 6.54 Å². The maximum absolute atomic E-state index is 12.5. The minimum atomic E-state index is -4.81. The zero-order valence-corrected chi connectivity index (χ0v) is 14.1. The highest BCUT2D eigenvalue weighted by Crippen LogP contribution is 2.27. The van der Waals surface area contributed by atoms with E-state index in [1.54, 1.807) is 12.3 Å². The molecule has 0 radical (unpaired) electrons. The van der Waals surface area contributed by atoms with Crippen LogP contribution in [0.4, 0.5) is 13.2 Å². The molecule has 1 saturated heterocycles. The van der Waals surface area contributed by atoms with Crippen LogP contribution in [0.1, 0.15) is 16.8 Å². The minimum absolute atomic E-state index is 0.120. The second-order valence-corrected chi connectivity index (χ2v) is 6.07. The third-order valence-corrected chi connectivity index (χ3v) is 4.06. The molecule has 0 bridgehead atoms. The maximum atomic E-state index is 12.5. The normalized spacial score (nSPS) is 17.2. The van der Waals surface area contributed by atoms with Crippen molar-refractivity contribution in [3.05, 3.63) is 53.3 Å². The summed E-state index contributed by atoms with van der Waals surface area (Å²) in [7, 11) is 0. The first-order valence-corrected chi connectivity index (χ1v) is 8.11. The Balaban J connectivity index is 1.64. The van der Waals surface area contributed by atoms with E-state index in [0.717, 1.165) is 12.1 Å². The quantitative estimate of drug-likeness (QED) is 0.799. The van der Waals surface area contributed by atoms with Crippen LogP contribution in [-0.2, 0) is 0 Å². The van der Waals surface area contributed by atoms with Gasteiger partial charge in [0.25, 0.3) is 5.91 Å². The molecule has 2 aromatic rings. The van der Waals surface area contributed by atoms with Gasteiger partial charge in [0.15, 0.2) is 0 Å². The van der Waals surface area contributed by atoms with Crippen molar-refractivity contribution in [2.24, 2.45) is 0 Å². The van der Waals surface area contributed by atoms with E-state index in [9.17, 15) is 18.0 Å². The van der Waals surface area contributed by atoms with Crippen LogP contribution < -0.4 is 9.47 Å². The predicted octanol–water partition coefficient (Wildman–Crippen LogP) is 3.93. The van der Waals surface area contributed by atoms with Crippen LogP contribution in [0.5, 0.6) is 11.5 Å². The summed E-state index contributed by atoms with van der Waals surface area (Å²) in [4.78, 5) is 17.9. The molecular weight excluding hydrogens is 373 g/mol. The number of carbonyl (C=O) groups excluding carboxylic acids is 1. The summed E-state index contributed by atoms with van der Waals surface area (Å²) in [5, 5.41) is 0.370. The van der Waals surface area contributed by atoms with E-state index in [4.69, 9.17) is 16.3 Å². The van der Waals surface area contributed by atoms with Gasteiger partial charge in [-0.1, -0.05) is 17.7 Å². The van der Waals surface area contributed by atoms with Crippen LogP contribution >= 0.6 is 11.6 Å². The maximum Gasteiger partial charge on any atom is 0.573 e. The second-order valence-electron chi connectivity index (χ2n) is 5.66. The third kappa shape index (κ3) is 4.57. The fraction of sp³-hybridized carbons (Fsp3) is 0.294. The summed E-state index contributed by atoms with van der Waals surface area (Å²) >= 11 is 5.99. The number of nitrogens with zero attached hydrogens (tertiary/aromatic N) is 2. The number of alkyl halides is 3. The Morgan fingerprint density at radius 1 is 1.31 bits per heavy atom. The molecule has 0 aliphatic carbocycles. The first-order valence-electron chi connectivity index (χ1n) is 7.73. The molecular formula is C17H14ClF3N2O3. The average Bonchev–Trinajstić information content (AvgIpc) is 3.03. The average molecular weight is 387 g/mol. The number of amides is 1. The minimum Gasteiger partial charge on any atom is -0.487 e. The number of pyridine rings is 1. The number of aromatic nitrogens is 1. The Hall–Kier alpha value is -2.48. The molecule has 1 atom stereocenters. The zero-order valence-electron chi connectivity index (χ0n) is 13.4.